The average Bonchev–Trinajstić information content (AvgIpc) is 2.75. The molecule has 0 spiro atoms. The molecule has 0 amide bonds. The number of hydrogen-bond donors (Lipinski definition) is 2. The molecular weight excluding hydrogens is 726 g/mol. The molecule has 0 unspecified atom stereocenters. The predicted octanol–water partition coefficient (Wildman–Crippen LogP) is 3.11. The van der Waals surface area contributed by atoms with Crippen molar-refractivity contribution in [2.75, 3.05) is 42.7 Å². The fourth-order valence-corrected chi connectivity index (χ4v) is 7.89. The molecule has 0 saturated carbocycles. The Morgan fingerprint density at radius 3 is 0.912 bits per heavy atom. The molecule has 0 heterocycles. The van der Waals surface area contributed by atoms with Crippen molar-refractivity contribution in [2.24, 2.45) is 0 Å². The van der Waals surface area contributed by atoms with Crippen molar-refractivity contribution in [1.29, 1.82) is 0 Å². The smallest absolute Gasteiger partial charge is 0.299 e. The van der Waals surface area contributed by atoms with E-state index in [4.69, 9.17) is 28.4 Å². The van der Waals surface area contributed by atoms with Gasteiger partial charge in [-0.1, -0.05) is 0 Å². The summed E-state index contributed by atoms with van der Waals surface area (Å²) < 4.78 is 102. The summed E-state index contributed by atoms with van der Waals surface area (Å²) in [5.74, 6) is -1.35. The fraction of sp³-hybridized carbons (Fsp3) is 0.333. The highest BCUT2D eigenvalue weighted by Crippen LogP contribution is 2.59. The van der Waals surface area contributed by atoms with Gasteiger partial charge in [0, 0.05) is 0 Å². The van der Waals surface area contributed by atoms with E-state index in [2.05, 4.69) is 0 Å². The maximum absolute atomic E-state index is 12.3. The first-order valence-electron chi connectivity index (χ1n) is 8.74. The maximum Gasteiger partial charge on any atom is 0.299 e. The largest absolute Gasteiger partial charge is 0.494 e. The van der Waals surface area contributed by atoms with Crippen LogP contribution in [0.15, 0.2) is 9.79 Å². The maximum atomic E-state index is 12.3. The van der Waals surface area contributed by atoms with Crippen LogP contribution in [0.5, 0.6) is 34.5 Å². The number of methoxy groups -OCH3 is 6. The Morgan fingerprint density at radius 1 is 0.500 bits per heavy atom. The normalized spacial score (nSPS) is 11.7. The van der Waals surface area contributed by atoms with Gasteiger partial charge in [-0.15, -0.1) is 0 Å². The zero-order chi connectivity index (χ0) is 26.2. The average molecular weight is 746 g/mol. The summed E-state index contributed by atoms with van der Waals surface area (Å²) in [5.41, 5.74) is -0.439. The van der Waals surface area contributed by atoms with E-state index in [1.54, 1.807) is 45.2 Å². The van der Waals surface area contributed by atoms with Crippen LogP contribution in [0.4, 0.5) is 0 Å². The second-order valence-corrected chi connectivity index (χ2v) is 11.1. The number of benzene rings is 2. The Hall–Kier alpha value is -1.48. The van der Waals surface area contributed by atoms with E-state index in [1.807, 2.05) is 0 Å². The first kappa shape index (κ1) is 28.8. The van der Waals surface area contributed by atoms with Crippen molar-refractivity contribution in [3.8, 4) is 45.6 Å². The van der Waals surface area contributed by atoms with Crippen LogP contribution in [-0.2, 0) is 20.2 Å². The van der Waals surface area contributed by atoms with Gasteiger partial charge in [0.1, 0.15) is 0 Å². The minimum Gasteiger partial charge on any atom is -0.494 e. The van der Waals surface area contributed by atoms with Crippen molar-refractivity contribution >= 4 is 65.4 Å². The van der Waals surface area contributed by atoms with Crippen molar-refractivity contribution in [3.63, 3.8) is 0 Å². The fourth-order valence-electron chi connectivity index (χ4n) is 3.32. The van der Waals surface area contributed by atoms with Crippen LogP contribution in [0.25, 0.3) is 11.1 Å². The summed E-state index contributed by atoms with van der Waals surface area (Å²) in [7, 11) is -2.62. The monoisotopic (exact) mass is 746 g/mol. The minimum absolute atomic E-state index is 0.0783. The van der Waals surface area contributed by atoms with Crippen molar-refractivity contribution in [2.45, 2.75) is 9.79 Å². The summed E-state index contributed by atoms with van der Waals surface area (Å²) in [6.07, 6.45) is 0. The van der Waals surface area contributed by atoms with Gasteiger partial charge in [-0.2, -0.15) is 16.8 Å². The molecule has 34 heavy (non-hydrogen) atoms. The zero-order valence-corrected chi connectivity index (χ0v) is 24.5. The Labute approximate surface area is 223 Å². The molecule has 0 bridgehead atoms. The Kier molecular flexibility index (Phi) is 9.00. The molecule has 0 atom stereocenters. The molecular formula is C18H20I2O12S2. The minimum atomic E-state index is -4.92. The van der Waals surface area contributed by atoms with E-state index in [0.717, 1.165) is 14.2 Å². The van der Waals surface area contributed by atoms with Gasteiger partial charge < -0.3 is 28.4 Å². The number of rotatable bonds is 9. The van der Waals surface area contributed by atoms with Gasteiger partial charge in [0.05, 0.1) is 60.9 Å². The summed E-state index contributed by atoms with van der Waals surface area (Å²) in [5, 5.41) is 0. The van der Waals surface area contributed by atoms with Crippen LogP contribution in [-0.4, -0.2) is 68.6 Å². The summed E-state index contributed by atoms with van der Waals surface area (Å²) in [4.78, 5) is -1.36. The lowest BCUT2D eigenvalue weighted by atomic mass is 9.99. The number of hydrogen-bond acceptors (Lipinski definition) is 10. The number of ether oxygens (including phenoxy) is 6. The molecule has 2 rings (SSSR count). The first-order valence-corrected chi connectivity index (χ1v) is 13.8. The van der Waals surface area contributed by atoms with Crippen LogP contribution in [0.2, 0.25) is 0 Å². The van der Waals surface area contributed by atoms with E-state index in [0.29, 0.717) is 0 Å². The molecule has 0 aromatic heterocycles. The molecule has 190 valence electrons. The topological polar surface area (TPSA) is 164 Å². The van der Waals surface area contributed by atoms with Gasteiger partial charge in [0.2, 0.25) is 0 Å². The molecule has 2 N–H and O–H groups in total. The van der Waals surface area contributed by atoms with Gasteiger partial charge in [-0.3, -0.25) is 9.11 Å². The third kappa shape index (κ3) is 4.79. The molecule has 0 fully saturated rings. The van der Waals surface area contributed by atoms with Gasteiger partial charge in [0.15, 0.2) is 44.3 Å². The molecule has 2 aromatic carbocycles. The van der Waals surface area contributed by atoms with Gasteiger partial charge >= 0.3 is 0 Å². The van der Waals surface area contributed by atoms with E-state index in [9.17, 15) is 25.9 Å². The van der Waals surface area contributed by atoms with Crippen molar-refractivity contribution in [3.05, 3.63) is 7.14 Å². The highest BCUT2D eigenvalue weighted by Gasteiger charge is 2.39. The van der Waals surface area contributed by atoms with E-state index < -0.39 is 41.5 Å². The molecule has 0 aliphatic rings. The van der Waals surface area contributed by atoms with Gasteiger partial charge in [-0.25, -0.2) is 0 Å². The Balaban J connectivity index is 3.49. The lowest BCUT2D eigenvalue weighted by molar-refractivity contribution is 0.335. The molecule has 0 aliphatic heterocycles. The van der Waals surface area contributed by atoms with Crippen LogP contribution in [0, 0.1) is 7.14 Å². The molecule has 0 saturated heterocycles. The predicted molar refractivity (Wildman–Crippen MR) is 136 cm³/mol. The highest BCUT2D eigenvalue weighted by molar-refractivity contribution is 14.1. The lowest BCUT2D eigenvalue weighted by Crippen LogP contribution is -2.12. The van der Waals surface area contributed by atoms with Gasteiger partial charge in [0.25, 0.3) is 20.2 Å². The Morgan fingerprint density at radius 2 is 0.735 bits per heavy atom. The van der Waals surface area contributed by atoms with E-state index in [-0.39, 0.29) is 41.3 Å². The van der Waals surface area contributed by atoms with E-state index in [1.165, 1.54) is 28.4 Å². The second kappa shape index (κ2) is 10.6. The van der Waals surface area contributed by atoms with Crippen LogP contribution >= 0.6 is 45.2 Å². The first-order chi connectivity index (χ1) is 15.8. The summed E-state index contributed by atoms with van der Waals surface area (Å²) in [6.45, 7) is 0. The van der Waals surface area contributed by atoms with Crippen LogP contribution in [0.1, 0.15) is 0 Å². The highest BCUT2D eigenvalue weighted by atomic mass is 127. The molecule has 16 heteroatoms. The van der Waals surface area contributed by atoms with Crippen molar-refractivity contribution in [1.82, 2.24) is 0 Å². The molecule has 0 radical (unpaired) electrons. The third-order valence-corrected chi connectivity index (χ3v) is 9.12. The van der Waals surface area contributed by atoms with E-state index >= 15 is 0 Å². The third-order valence-electron chi connectivity index (χ3n) is 4.52. The lowest BCUT2D eigenvalue weighted by Gasteiger charge is -2.25. The Bertz CT molecular complexity index is 1230. The molecule has 12 nitrogen and oxygen atoms in total. The SMILES string of the molecule is COc1c(I)c(S(=O)(=O)O)c(OC)c(-c2c(OC)c(OC)c(I)c(S(=O)(=O)O)c2OC)c1OC. The standard InChI is InChI=1S/C18H20I2O12S2/c1-27-11-7(13(29-3)17(33(21,22)23)9(19)15(11)31-5)8-12(28-2)16(32-6)10(20)18(14(8)30-4)34(24,25)26/h1-6H3,(H,21,22,23)(H,24,25,26). The zero-order valence-electron chi connectivity index (χ0n) is 18.5. The van der Waals surface area contributed by atoms with Crippen molar-refractivity contribution < 1.29 is 54.4 Å². The van der Waals surface area contributed by atoms with Crippen LogP contribution in [0.3, 0.4) is 0 Å². The van der Waals surface area contributed by atoms with Gasteiger partial charge in [-0.05, 0) is 45.2 Å². The van der Waals surface area contributed by atoms with Crippen LogP contribution < -0.4 is 28.4 Å². The quantitative estimate of drug-likeness (QED) is 0.285. The second-order valence-electron chi connectivity index (χ2n) is 6.19. The summed E-state index contributed by atoms with van der Waals surface area (Å²) in [6, 6.07) is 0. The summed E-state index contributed by atoms with van der Waals surface area (Å²) >= 11 is 3.25. The molecule has 2 aromatic rings. The molecule has 0 aliphatic carbocycles. The number of halogens is 2.